The van der Waals surface area contributed by atoms with E-state index in [0.717, 1.165) is 26.2 Å². The minimum Gasteiger partial charge on any atom is -0.472 e. The summed E-state index contributed by atoms with van der Waals surface area (Å²) in [5, 5.41) is 3.52. The molecular weight excluding hydrogens is 280 g/mol. The Morgan fingerprint density at radius 1 is 1.33 bits per heavy atom. The predicted octanol–water partition coefficient (Wildman–Crippen LogP) is 4.03. The van der Waals surface area contributed by atoms with Crippen LogP contribution in [-0.2, 0) is 19.6 Å². The molecule has 0 atom stereocenters. The quantitative estimate of drug-likeness (QED) is 0.798. The maximum Gasteiger partial charge on any atom is 0.0947 e. The van der Waals surface area contributed by atoms with Crippen LogP contribution in [-0.4, -0.2) is 18.5 Å². The van der Waals surface area contributed by atoms with Gasteiger partial charge in [-0.25, -0.2) is 0 Å². The van der Waals surface area contributed by atoms with Crippen molar-refractivity contribution in [2.24, 2.45) is 5.92 Å². The fraction of sp³-hybridized carbons (Fsp3) is 0.529. The minimum absolute atomic E-state index is 0.701. The summed E-state index contributed by atoms with van der Waals surface area (Å²) in [7, 11) is 2.15. The summed E-state index contributed by atoms with van der Waals surface area (Å²) in [5.41, 5.74) is 2.66. The number of hydrogen-bond acceptors (Lipinski definition) is 4. The molecule has 116 valence electrons. The Morgan fingerprint density at radius 2 is 2.14 bits per heavy atom. The van der Waals surface area contributed by atoms with E-state index >= 15 is 0 Å². The van der Waals surface area contributed by atoms with Gasteiger partial charge in [0.15, 0.2) is 0 Å². The van der Waals surface area contributed by atoms with Gasteiger partial charge in [0, 0.05) is 35.0 Å². The smallest absolute Gasteiger partial charge is 0.0947 e. The van der Waals surface area contributed by atoms with Gasteiger partial charge in [0.1, 0.15) is 0 Å². The van der Waals surface area contributed by atoms with E-state index in [1.165, 1.54) is 20.9 Å². The van der Waals surface area contributed by atoms with Crippen LogP contribution >= 0.6 is 11.3 Å². The first-order chi connectivity index (χ1) is 10.0. The van der Waals surface area contributed by atoms with Crippen molar-refractivity contribution in [3.8, 4) is 0 Å². The Bertz CT molecular complexity index is 531. The van der Waals surface area contributed by atoms with Crippen LogP contribution in [0.2, 0.25) is 0 Å². The summed E-state index contributed by atoms with van der Waals surface area (Å²) >= 11 is 1.91. The van der Waals surface area contributed by atoms with Gasteiger partial charge in [0.25, 0.3) is 0 Å². The Kier molecular flexibility index (Phi) is 6.03. The van der Waals surface area contributed by atoms with Crippen LogP contribution in [0.1, 0.15) is 34.7 Å². The minimum atomic E-state index is 0.701. The predicted molar refractivity (Wildman–Crippen MR) is 89.5 cm³/mol. The number of thiophene rings is 1. The molecule has 0 aliphatic carbocycles. The topological polar surface area (TPSA) is 28.4 Å². The maximum atomic E-state index is 5.12. The van der Waals surface area contributed by atoms with Crippen LogP contribution < -0.4 is 5.32 Å². The van der Waals surface area contributed by atoms with Gasteiger partial charge in [0.2, 0.25) is 0 Å². The number of furan rings is 1. The molecule has 0 bridgehead atoms. The third-order valence-electron chi connectivity index (χ3n) is 3.40. The second-order valence-electron chi connectivity index (χ2n) is 6.12. The highest BCUT2D eigenvalue weighted by Gasteiger charge is 2.09. The Morgan fingerprint density at radius 3 is 2.81 bits per heavy atom. The molecule has 0 radical (unpaired) electrons. The van der Waals surface area contributed by atoms with Crippen molar-refractivity contribution < 1.29 is 4.42 Å². The van der Waals surface area contributed by atoms with E-state index in [1.807, 2.05) is 23.7 Å². The lowest BCUT2D eigenvalue weighted by molar-refractivity contribution is 0.317. The number of hydrogen-bond donors (Lipinski definition) is 1. The summed E-state index contributed by atoms with van der Waals surface area (Å²) in [4.78, 5) is 5.18. The molecule has 0 fully saturated rings. The Hall–Kier alpha value is -1.10. The van der Waals surface area contributed by atoms with Crippen LogP contribution in [0, 0.1) is 12.8 Å². The second-order valence-corrected chi connectivity index (χ2v) is 7.46. The van der Waals surface area contributed by atoms with E-state index in [-0.39, 0.29) is 0 Å². The number of nitrogens with one attached hydrogen (secondary N) is 1. The largest absolute Gasteiger partial charge is 0.472 e. The summed E-state index contributed by atoms with van der Waals surface area (Å²) < 4.78 is 5.12. The molecule has 2 aromatic rings. The summed E-state index contributed by atoms with van der Waals surface area (Å²) in [6.45, 7) is 10.7. The number of nitrogens with zero attached hydrogens (tertiary/aromatic N) is 1. The molecule has 4 heteroatoms. The molecule has 3 nitrogen and oxygen atoms in total. The number of aryl methyl sites for hydroxylation is 1. The molecule has 0 saturated carbocycles. The second kappa shape index (κ2) is 7.78. The third-order valence-corrected chi connectivity index (χ3v) is 4.49. The zero-order chi connectivity index (χ0) is 15.2. The van der Waals surface area contributed by atoms with Crippen LogP contribution in [0.3, 0.4) is 0 Å². The molecule has 0 aromatic carbocycles. The average molecular weight is 306 g/mol. The SMILES string of the molecule is Cc1sc(CNCC(C)C)cc1CN(C)Cc1ccoc1. The van der Waals surface area contributed by atoms with Gasteiger partial charge in [-0.05, 0) is 44.1 Å². The van der Waals surface area contributed by atoms with Crippen molar-refractivity contribution in [3.63, 3.8) is 0 Å². The normalized spacial score (nSPS) is 11.7. The molecule has 2 heterocycles. The lowest BCUT2D eigenvalue weighted by Gasteiger charge is -2.15. The first kappa shape index (κ1) is 16.3. The van der Waals surface area contributed by atoms with Crippen molar-refractivity contribution in [1.82, 2.24) is 10.2 Å². The van der Waals surface area contributed by atoms with Crippen molar-refractivity contribution in [1.29, 1.82) is 0 Å². The zero-order valence-corrected chi connectivity index (χ0v) is 14.3. The van der Waals surface area contributed by atoms with E-state index in [1.54, 1.807) is 6.26 Å². The molecule has 0 spiro atoms. The zero-order valence-electron chi connectivity index (χ0n) is 13.5. The molecule has 0 aliphatic rings. The van der Waals surface area contributed by atoms with E-state index in [2.05, 4.69) is 44.1 Å². The molecule has 0 aliphatic heterocycles. The summed E-state index contributed by atoms with van der Waals surface area (Å²) in [6, 6.07) is 4.37. The molecule has 0 saturated heterocycles. The van der Waals surface area contributed by atoms with E-state index in [4.69, 9.17) is 4.42 Å². The molecule has 0 amide bonds. The molecular formula is C17H26N2OS. The fourth-order valence-electron chi connectivity index (χ4n) is 2.36. The van der Waals surface area contributed by atoms with Gasteiger partial charge in [-0.3, -0.25) is 4.90 Å². The number of rotatable bonds is 8. The van der Waals surface area contributed by atoms with Crippen LogP contribution in [0.4, 0.5) is 0 Å². The van der Waals surface area contributed by atoms with Crippen molar-refractivity contribution >= 4 is 11.3 Å². The monoisotopic (exact) mass is 306 g/mol. The maximum absolute atomic E-state index is 5.12. The van der Waals surface area contributed by atoms with Gasteiger partial charge >= 0.3 is 0 Å². The molecule has 2 aromatic heterocycles. The van der Waals surface area contributed by atoms with Crippen LogP contribution in [0.15, 0.2) is 29.1 Å². The fourth-order valence-corrected chi connectivity index (χ4v) is 3.38. The molecule has 0 unspecified atom stereocenters. The third kappa shape index (κ3) is 5.30. The van der Waals surface area contributed by atoms with Crippen molar-refractivity contribution in [2.45, 2.75) is 40.4 Å². The summed E-state index contributed by atoms with van der Waals surface area (Å²) in [6.07, 6.45) is 3.55. The molecule has 2 rings (SSSR count). The molecule has 21 heavy (non-hydrogen) atoms. The highest BCUT2D eigenvalue weighted by Crippen LogP contribution is 2.23. The average Bonchev–Trinajstić information content (AvgIpc) is 3.00. The molecule has 1 N–H and O–H groups in total. The van der Waals surface area contributed by atoms with Crippen LogP contribution in [0.5, 0.6) is 0 Å². The van der Waals surface area contributed by atoms with Crippen molar-refractivity contribution in [3.05, 3.63) is 45.5 Å². The lowest BCUT2D eigenvalue weighted by atomic mass is 10.2. The summed E-state index contributed by atoms with van der Waals surface area (Å²) in [5.74, 6) is 0.701. The van der Waals surface area contributed by atoms with E-state index < -0.39 is 0 Å². The van der Waals surface area contributed by atoms with E-state index in [9.17, 15) is 0 Å². The standard InChI is InChI=1S/C17H26N2OS/c1-13(2)8-18-9-17-7-16(14(3)21-17)11-19(4)10-15-5-6-20-12-15/h5-7,12-13,18H,8-11H2,1-4H3. The van der Waals surface area contributed by atoms with Gasteiger partial charge in [-0.15, -0.1) is 11.3 Å². The van der Waals surface area contributed by atoms with Gasteiger partial charge in [0.05, 0.1) is 12.5 Å². The van der Waals surface area contributed by atoms with Gasteiger partial charge < -0.3 is 9.73 Å². The Labute approximate surface area is 132 Å². The van der Waals surface area contributed by atoms with Crippen molar-refractivity contribution in [2.75, 3.05) is 13.6 Å². The first-order valence-corrected chi connectivity index (χ1v) is 8.34. The van der Waals surface area contributed by atoms with Gasteiger partial charge in [-0.1, -0.05) is 13.8 Å². The van der Waals surface area contributed by atoms with Gasteiger partial charge in [-0.2, -0.15) is 0 Å². The highest BCUT2D eigenvalue weighted by molar-refractivity contribution is 7.12. The lowest BCUT2D eigenvalue weighted by Crippen LogP contribution is -2.18. The first-order valence-electron chi connectivity index (χ1n) is 7.53. The Balaban J connectivity index is 1.86. The van der Waals surface area contributed by atoms with Crippen LogP contribution in [0.25, 0.3) is 0 Å². The highest BCUT2D eigenvalue weighted by atomic mass is 32.1. The van der Waals surface area contributed by atoms with E-state index in [0.29, 0.717) is 5.92 Å².